The SMILES string of the molecule is CC1(CNC(=O)[C@@]23CCCC[C@@H]2NCC3)CC(F)(F)C1. The van der Waals surface area contributed by atoms with E-state index in [-0.39, 0.29) is 30.2 Å². The van der Waals surface area contributed by atoms with Crippen LogP contribution in [0.3, 0.4) is 0 Å². The highest BCUT2D eigenvalue weighted by Crippen LogP contribution is 2.51. The van der Waals surface area contributed by atoms with Crippen LogP contribution in [0.5, 0.6) is 0 Å². The van der Waals surface area contributed by atoms with Crippen molar-refractivity contribution in [1.29, 1.82) is 0 Å². The predicted molar refractivity (Wildman–Crippen MR) is 72.6 cm³/mol. The fourth-order valence-electron chi connectivity index (χ4n) is 4.48. The normalized spacial score (nSPS) is 37.9. The second kappa shape index (κ2) is 4.65. The topological polar surface area (TPSA) is 41.1 Å². The molecule has 20 heavy (non-hydrogen) atoms. The standard InChI is InChI=1S/C15H24F2N2O/c1-13(8-15(16,17)9-13)10-19-12(20)14-5-3-2-4-11(14)18-7-6-14/h11,18H,2-10H2,1H3,(H,19,20)/t11-,14+/m0/s1. The number of nitrogens with one attached hydrogen (secondary N) is 2. The van der Waals surface area contributed by atoms with Gasteiger partial charge >= 0.3 is 0 Å². The average molecular weight is 286 g/mol. The monoisotopic (exact) mass is 286 g/mol. The Labute approximate surface area is 118 Å². The highest BCUT2D eigenvalue weighted by Gasteiger charge is 2.55. The van der Waals surface area contributed by atoms with Gasteiger partial charge in [0.15, 0.2) is 0 Å². The smallest absolute Gasteiger partial charge is 0.249 e. The Balaban J connectivity index is 1.59. The first-order valence-electron chi connectivity index (χ1n) is 7.75. The van der Waals surface area contributed by atoms with Crippen LogP contribution in [0.1, 0.15) is 51.9 Å². The second-order valence-corrected chi connectivity index (χ2v) is 7.36. The molecule has 0 aromatic rings. The summed E-state index contributed by atoms with van der Waals surface area (Å²) < 4.78 is 26.0. The van der Waals surface area contributed by atoms with E-state index in [2.05, 4.69) is 10.6 Å². The number of halogens is 2. The lowest BCUT2D eigenvalue weighted by molar-refractivity contribution is -0.156. The van der Waals surface area contributed by atoms with E-state index in [9.17, 15) is 13.6 Å². The van der Waals surface area contributed by atoms with E-state index in [1.54, 1.807) is 0 Å². The summed E-state index contributed by atoms with van der Waals surface area (Å²) in [5.41, 5.74) is -0.702. The molecule has 1 heterocycles. The van der Waals surface area contributed by atoms with Crippen LogP contribution in [0, 0.1) is 10.8 Å². The molecule has 3 aliphatic rings. The molecule has 3 fully saturated rings. The Bertz CT molecular complexity index is 405. The maximum atomic E-state index is 13.0. The average Bonchev–Trinajstić information content (AvgIpc) is 2.78. The van der Waals surface area contributed by atoms with E-state index < -0.39 is 11.3 Å². The predicted octanol–water partition coefficient (Wildman–Crippen LogP) is 2.46. The van der Waals surface area contributed by atoms with Crippen LogP contribution in [0.15, 0.2) is 0 Å². The third-order valence-electron chi connectivity index (χ3n) is 5.49. The molecule has 1 aliphatic heterocycles. The summed E-state index contributed by atoms with van der Waals surface area (Å²) in [5.74, 6) is -2.44. The van der Waals surface area contributed by atoms with Crippen LogP contribution < -0.4 is 10.6 Å². The number of carbonyl (C=O) groups is 1. The van der Waals surface area contributed by atoms with Gasteiger partial charge in [0.2, 0.25) is 11.8 Å². The quantitative estimate of drug-likeness (QED) is 0.837. The molecule has 2 atom stereocenters. The summed E-state index contributed by atoms with van der Waals surface area (Å²) in [4.78, 5) is 12.6. The van der Waals surface area contributed by atoms with Crippen molar-refractivity contribution < 1.29 is 13.6 Å². The van der Waals surface area contributed by atoms with E-state index in [1.165, 1.54) is 6.42 Å². The Morgan fingerprint density at radius 3 is 2.75 bits per heavy atom. The maximum Gasteiger partial charge on any atom is 0.249 e. The lowest BCUT2D eigenvalue weighted by atomic mass is 9.66. The zero-order valence-electron chi connectivity index (χ0n) is 12.1. The van der Waals surface area contributed by atoms with Gasteiger partial charge in [-0.1, -0.05) is 19.8 Å². The molecule has 5 heteroatoms. The highest BCUT2D eigenvalue weighted by atomic mass is 19.3. The Morgan fingerprint density at radius 1 is 1.30 bits per heavy atom. The summed E-state index contributed by atoms with van der Waals surface area (Å²) >= 11 is 0. The number of rotatable bonds is 3. The van der Waals surface area contributed by atoms with E-state index in [1.807, 2.05) is 6.92 Å². The minimum Gasteiger partial charge on any atom is -0.355 e. The molecule has 114 valence electrons. The first-order chi connectivity index (χ1) is 9.35. The number of hydrogen-bond donors (Lipinski definition) is 2. The maximum absolute atomic E-state index is 13.0. The van der Waals surface area contributed by atoms with Crippen molar-refractivity contribution in [3.63, 3.8) is 0 Å². The molecule has 1 amide bonds. The molecule has 2 saturated carbocycles. The molecule has 2 N–H and O–H groups in total. The minimum atomic E-state index is -2.53. The third kappa shape index (κ3) is 2.34. The van der Waals surface area contributed by atoms with Gasteiger partial charge in [0.25, 0.3) is 0 Å². The molecule has 0 spiro atoms. The van der Waals surface area contributed by atoms with Gasteiger partial charge in [-0.25, -0.2) is 8.78 Å². The van der Waals surface area contributed by atoms with Crippen molar-refractivity contribution >= 4 is 5.91 Å². The van der Waals surface area contributed by atoms with E-state index in [4.69, 9.17) is 0 Å². The van der Waals surface area contributed by atoms with Crippen molar-refractivity contribution in [2.45, 2.75) is 63.8 Å². The van der Waals surface area contributed by atoms with Gasteiger partial charge in [-0.05, 0) is 31.2 Å². The second-order valence-electron chi connectivity index (χ2n) is 7.36. The minimum absolute atomic E-state index is 0.0867. The Kier molecular flexibility index (Phi) is 3.31. The van der Waals surface area contributed by atoms with E-state index in [0.29, 0.717) is 6.54 Å². The first-order valence-corrected chi connectivity index (χ1v) is 7.75. The van der Waals surface area contributed by atoms with Crippen LogP contribution >= 0.6 is 0 Å². The molecular weight excluding hydrogens is 262 g/mol. The Morgan fingerprint density at radius 2 is 2.05 bits per heavy atom. The molecule has 3 rings (SSSR count). The molecule has 0 aromatic carbocycles. The summed E-state index contributed by atoms with van der Waals surface area (Å²) in [6.45, 7) is 3.12. The molecule has 0 radical (unpaired) electrons. The van der Waals surface area contributed by atoms with Crippen LogP contribution in [0.4, 0.5) is 8.78 Å². The Hall–Kier alpha value is -0.710. The van der Waals surface area contributed by atoms with Crippen LogP contribution in [-0.2, 0) is 4.79 Å². The molecule has 0 aromatic heterocycles. The van der Waals surface area contributed by atoms with Crippen LogP contribution in [0.25, 0.3) is 0 Å². The van der Waals surface area contributed by atoms with Gasteiger partial charge in [0, 0.05) is 25.4 Å². The summed E-state index contributed by atoms with van der Waals surface area (Å²) in [7, 11) is 0. The molecule has 1 saturated heterocycles. The number of amides is 1. The third-order valence-corrected chi connectivity index (χ3v) is 5.49. The lowest BCUT2D eigenvalue weighted by Gasteiger charge is -2.46. The summed E-state index contributed by atoms with van der Waals surface area (Å²) in [5, 5.41) is 6.42. The van der Waals surface area contributed by atoms with E-state index in [0.717, 1.165) is 32.2 Å². The van der Waals surface area contributed by atoms with Gasteiger partial charge in [-0.2, -0.15) is 0 Å². The zero-order chi connectivity index (χ0) is 14.4. The largest absolute Gasteiger partial charge is 0.355 e. The molecule has 0 bridgehead atoms. The van der Waals surface area contributed by atoms with Crippen molar-refractivity contribution in [2.75, 3.05) is 13.1 Å². The van der Waals surface area contributed by atoms with E-state index >= 15 is 0 Å². The van der Waals surface area contributed by atoms with Gasteiger partial charge in [-0.15, -0.1) is 0 Å². The van der Waals surface area contributed by atoms with Crippen LogP contribution in [0.2, 0.25) is 0 Å². The van der Waals surface area contributed by atoms with Crippen molar-refractivity contribution in [1.82, 2.24) is 10.6 Å². The summed E-state index contributed by atoms with van der Waals surface area (Å²) in [6.07, 6.45) is 4.95. The van der Waals surface area contributed by atoms with Crippen LogP contribution in [-0.4, -0.2) is 31.0 Å². The van der Waals surface area contributed by atoms with Gasteiger partial charge in [0.1, 0.15) is 0 Å². The van der Waals surface area contributed by atoms with Gasteiger partial charge < -0.3 is 10.6 Å². The molecule has 3 nitrogen and oxygen atoms in total. The number of alkyl halides is 2. The highest BCUT2D eigenvalue weighted by molar-refractivity contribution is 5.84. The summed E-state index contributed by atoms with van der Waals surface area (Å²) in [6, 6.07) is 0.284. The zero-order valence-corrected chi connectivity index (χ0v) is 12.1. The molecule has 2 aliphatic carbocycles. The van der Waals surface area contributed by atoms with Crippen molar-refractivity contribution in [3.05, 3.63) is 0 Å². The number of fused-ring (bicyclic) bond motifs is 1. The fraction of sp³-hybridized carbons (Fsp3) is 0.933. The van der Waals surface area contributed by atoms with Crippen molar-refractivity contribution in [3.8, 4) is 0 Å². The first kappa shape index (κ1) is 14.2. The number of hydrogen-bond acceptors (Lipinski definition) is 2. The van der Waals surface area contributed by atoms with Gasteiger partial charge in [0.05, 0.1) is 5.41 Å². The van der Waals surface area contributed by atoms with Crippen molar-refractivity contribution in [2.24, 2.45) is 10.8 Å². The molecule has 0 unspecified atom stereocenters. The molecular formula is C15H24F2N2O. The fourth-order valence-corrected chi connectivity index (χ4v) is 4.48. The van der Waals surface area contributed by atoms with Gasteiger partial charge in [-0.3, -0.25) is 4.79 Å². The number of carbonyl (C=O) groups excluding carboxylic acids is 1. The lowest BCUT2D eigenvalue weighted by Crippen LogP contribution is -2.55.